The van der Waals surface area contributed by atoms with Gasteiger partial charge < -0.3 is 4.90 Å². The van der Waals surface area contributed by atoms with Crippen molar-refractivity contribution in [1.29, 1.82) is 0 Å². The molecule has 1 aromatic carbocycles. The molecule has 2 aromatic rings. The molecule has 0 bridgehead atoms. The van der Waals surface area contributed by atoms with Crippen molar-refractivity contribution in [3.05, 3.63) is 57.0 Å². The smallest absolute Gasteiger partial charge is 0.274 e. The van der Waals surface area contributed by atoms with Gasteiger partial charge in [-0.1, -0.05) is 17.7 Å². The molecule has 1 amide bonds. The first-order chi connectivity index (χ1) is 12.7. The van der Waals surface area contributed by atoms with Crippen LogP contribution < -0.4 is 5.56 Å². The van der Waals surface area contributed by atoms with Gasteiger partial charge >= 0.3 is 0 Å². The van der Waals surface area contributed by atoms with Gasteiger partial charge in [-0.3, -0.25) is 9.59 Å². The van der Waals surface area contributed by atoms with Crippen LogP contribution >= 0.6 is 0 Å². The zero-order valence-electron chi connectivity index (χ0n) is 15.5. The third-order valence-electron chi connectivity index (χ3n) is 4.63. The number of aromatic nitrogens is 2. The summed E-state index contributed by atoms with van der Waals surface area (Å²) in [7, 11) is -3.63. The molecule has 0 unspecified atom stereocenters. The van der Waals surface area contributed by atoms with Gasteiger partial charge in [-0.15, -0.1) is 0 Å². The van der Waals surface area contributed by atoms with Crippen LogP contribution in [0.25, 0.3) is 0 Å². The molecule has 27 heavy (non-hydrogen) atoms. The summed E-state index contributed by atoms with van der Waals surface area (Å²) in [5.41, 5.74) is 2.22. The first-order valence-corrected chi connectivity index (χ1v) is 10.1. The number of nitrogens with one attached hydrogen (secondary N) is 1. The predicted molar refractivity (Wildman–Crippen MR) is 100 cm³/mol. The average molecular weight is 390 g/mol. The van der Waals surface area contributed by atoms with Crippen LogP contribution in [0.1, 0.15) is 27.2 Å². The lowest BCUT2D eigenvalue weighted by Gasteiger charge is -2.34. The number of nitrogens with zero attached hydrogens (tertiary/aromatic N) is 3. The second kappa shape index (κ2) is 7.24. The van der Waals surface area contributed by atoms with Crippen molar-refractivity contribution < 1.29 is 13.2 Å². The van der Waals surface area contributed by atoms with E-state index in [1.54, 1.807) is 18.7 Å². The largest absolute Gasteiger partial charge is 0.335 e. The molecule has 8 nitrogen and oxygen atoms in total. The van der Waals surface area contributed by atoms with Crippen LogP contribution in [0, 0.1) is 20.8 Å². The normalized spacial score (nSPS) is 15.7. The van der Waals surface area contributed by atoms with Gasteiger partial charge in [0, 0.05) is 32.2 Å². The molecule has 0 atom stereocenters. The number of hydrogen-bond donors (Lipinski definition) is 1. The minimum atomic E-state index is -3.63. The minimum absolute atomic E-state index is 0.135. The van der Waals surface area contributed by atoms with Gasteiger partial charge in [0.15, 0.2) is 0 Å². The van der Waals surface area contributed by atoms with Crippen molar-refractivity contribution in [3.63, 3.8) is 0 Å². The summed E-state index contributed by atoms with van der Waals surface area (Å²) in [5.74, 6) is -0.328. The summed E-state index contributed by atoms with van der Waals surface area (Å²) < 4.78 is 27.6. The van der Waals surface area contributed by atoms with Gasteiger partial charge in [0.05, 0.1) is 4.90 Å². The fourth-order valence-corrected chi connectivity index (χ4v) is 5.29. The van der Waals surface area contributed by atoms with Crippen molar-refractivity contribution in [1.82, 2.24) is 19.4 Å². The molecule has 1 aliphatic heterocycles. The lowest BCUT2D eigenvalue weighted by molar-refractivity contribution is 0.0690. The van der Waals surface area contributed by atoms with Crippen LogP contribution in [0.3, 0.4) is 0 Å². The van der Waals surface area contributed by atoms with Gasteiger partial charge in [0.25, 0.3) is 11.5 Å². The highest BCUT2D eigenvalue weighted by Gasteiger charge is 2.32. The maximum Gasteiger partial charge on any atom is 0.274 e. The fraction of sp³-hybridized carbons (Fsp3) is 0.389. The Bertz CT molecular complexity index is 994. The molecule has 1 aromatic heterocycles. The Morgan fingerprint density at radius 1 is 1.04 bits per heavy atom. The van der Waals surface area contributed by atoms with Gasteiger partial charge in [-0.25, -0.2) is 13.5 Å². The van der Waals surface area contributed by atoms with Crippen LogP contribution in [0.15, 0.2) is 34.0 Å². The molecule has 1 saturated heterocycles. The van der Waals surface area contributed by atoms with E-state index in [-0.39, 0.29) is 43.3 Å². The first kappa shape index (κ1) is 19.2. The van der Waals surface area contributed by atoms with Crippen LogP contribution in [0.4, 0.5) is 0 Å². The minimum Gasteiger partial charge on any atom is -0.335 e. The SMILES string of the molecule is Cc1cc(C)c(S(=O)(=O)N2CCN(C(=O)c3ccc(=O)[nH]n3)CC2)c(C)c1. The maximum atomic E-state index is 13.1. The van der Waals surface area contributed by atoms with Gasteiger partial charge in [-0.2, -0.15) is 9.40 Å². The number of hydrogen-bond acceptors (Lipinski definition) is 5. The van der Waals surface area contributed by atoms with Crippen molar-refractivity contribution in [3.8, 4) is 0 Å². The molecule has 1 fully saturated rings. The number of rotatable bonds is 3. The van der Waals surface area contributed by atoms with Crippen molar-refractivity contribution in [2.75, 3.05) is 26.2 Å². The van der Waals surface area contributed by atoms with E-state index in [4.69, 9.17) is 0 Å². The summed E-state index contributed by atoms with van der Waals surface area (Å²) in [5, 5.41) is 5.97. The number of aryl methyl sites for hydroxylation is 3. The Labute approximate surface area is 157 Å². The third-order valence-corrected chi connectivity index (χ3v) is 6.83. The monoisotopic (exact) mass is 390 g/mol. The number of aromatic amines is 1. The molecule has 0 saturated carbocycles. The fourth-order valence-electron chi connectivity index (χ4n) is 3.46. The molecular weight excluding hydrogens is 368 g/mol. The summed E-state index contributed by atoms with van der Waals surface area (Å²) in [6.45, 7) is 6.49. The standard InChI is InChI=1S/C18H22N4O4S/c1-12-10-13(2)17(14(3)11-12)27(25,26)22-8-6-21(7-9-22)18(24)15-4-5-16(23)20-19-15/h4-5,10-11H,6-9H2,1-3H3,(H,20,23). The van der Waals surface area contributed by atoms with Crippen molar-refractivity contribution >= 4 is 15.9 Å². The lowest BCUT2D eigenvalue weighted by Crippen LogP contribution is -2.50. The van der Waals surface area contributed by atoms with Crippen LogP contribution in [0.2, 0.25) is 0 Å². The lowest BCUT2D eigenvalue weighted by atomic mass is 10.1. The van der Waals surface area contributed by atoms with E-state index >= 15 is 0 Å². The number of amides is 1. The second-order valence-electron chi connectivity index (χ2n) is 6.73. The molecule has 2 heterocycles. The Morgan fingerprint density at radius 2 is 1.63 bits per heavy atom. The summed E-state index contributed by atoms with van der Waals surface area (Å²) in [4.78, 5) is 25.4. The van der Waals surface area contributed by atoms with Gasteiger partial charge in [-0.05, 0) is 38.0 Å². The molecule has 1 N–H and O–H groups in total. The molecule has 144 valence electrons. The Hall–Kier alpha value is -2.52. The summed E-state index contributed by atoms with van der Waals surface area (Å²) >= 11 is 0. The first-order valence-electron chi connectivity index (χ1n) is 8.63. The number of carbonyl (C=O) groups is 1. The zero-order chi connectivity index (χ0) is 19.8. The highest BCUT2D eigenvalue weighted by molar-refractivity contribution is 7.89. The predicted octanol–water partition coefficient (Wildman–Crippen LogP) is 0.842. The molecular formula is C18H22N4O4S. The number of sulfonamides is 1. The van der Waals surface area contributed by atoms with Gasteiger partial charge in [0.1, 0.15) is 5.69 Å². The topological polar surface area (TPSA) is 103 Å². The highest BCUT2D eigenvalue weighted by Crippen LogP contribution is 2.26. The average Bonchev–Trinajstić information content (AvgIpc) is 2.61. The van der Waals surface area contributed by atoms with E-state index in [9.17, 15) is 18.0 Å². The van der Waals surface area contributed by atoms with E-state index in [0.29, 0.717) is 4.90 Å². The Morgan fingerprint density at radius 3 is 2.15 bits per heavy atom. The van der Waals surface area contributed by atoms with Crippen molar-refractivity contribution in [2.24, 2.45) is 0 Å². The third kappa shape index (κ3) is 3.79. The van der Waals surface area contributed by atoms with E-state index in [0.717, 1.165) is 16.7 Å². The number of carbonyl (C=O) groups excluding carboxylic acids is 1. The molecule has 9 heteroatoms. The summed E-state index contributed by atoms with van der Waals surface area (Å²) in [6.07, 6.45) is 0. The van der Waals surface area contributed by atoms with E-state index in [2.05, 4.69) is 10.2 Å². The maximum absolute atomic E-state index is 13.1. The van der Waals surface area contributed by atoms with Crippen LogP contribution in [-0.4, -0.2) is 59.9 Å². The Balaban J connectivity index is 1.76. The van der Waals surface area contributed by atoms with Crippen molar-refractivity contribution in [2.45, 2.75) is 25.7 Å². The zero-order valence-corrected chi connectivity index (χ0v) is 16.3. The van der Waals surface area contributed by atoms with Gasteiger partial charge in [0.2, 0.25) is 10.0 Å². The molecule has 0 aliphatic carbocycles. The highest BCUT2D eigenvalue weighted by atomic mass is 32.2. The molecule has 0 radical (unpaired) electrons. The quantitative estimate of drug-likeness (QED) is 0.837. The molecule has 3 rings (SSSR count). The summed E-state index contributed by atoms with van der Waals surface area (Å²) in [6, 6.07) is 6.33. The number of H-pyrrole nitrogens is 1. The number of piperazine rings is 1. The second-order valence-corrected chi connectivity index (χ2v) is 8.61. The van der Waals surface area contributed by atoms with Crippen LogP contribution in [-0.2, 0) is 10.0 Å². The van der Waals surface area contributed by atoms with E-state index < -0.39 is 10.0 Å². The van der Waals surface area contributed by atoms with E-state index in [1.807, 2.05) is 19.1 Å². The Kier molecular flexibility index (Phi) is 5.16. The number of benzene rings is 1. The van der Waals surface area contributed by atoms with Crippen LogP contribution in [0.5, 0.6) is 0 Å². The van der Waals surface area contributed by atoms with E-state index in [1.165, 1.54) is 16.4 Å². The molecule has 1 aliphatic rings. The molecule has 0 spiro atoms.